The van der Waals surface area contributed by atoms with Crippen LogP contribution in [-0.4, -0.2) is 61.0 Å². The lowest BCUT2D eigenvalue weighted by molar-refractivity contribution is -0.125. The van der Waals surface area contributed by atoms with Crippen molar-refractivity contribution in [3.05, 3.63) is 35.9 Å². The Morgan fingerprint density at radius 2 is 1.85 bits per heavy atom. The fourth-order valence-electron chi connectivity index (χ4n) is 2.57. The second kappa shape index (κ2) is 10.7. The highest BCUT2D eigenvalue weighted by molar-refractivity contribution is 5.86. The zero-order valence-corrected chi connectivity index (χ0v) is 15.8. The van der Waals surface area contributed by atoms with Crippen LogP contribution >= 0.6 is 0 Å². The number of nitrogens with zero attached hydrogens (tertiary/aromatic N) is 1. The van der Waals surface area contributed by atoms with E-state index in [0.717, 1.165) is 5.56 Å². The number of amides is 2. The first-order chi connectivity index (χ1) is 12.2. The first-order valence-electron chi connectivity index (χ1n) is 8.57. The standard InChI is InChI=1S/C18H30N4O4/c1-12(2)16(21-18(25)26-4)17(24)20-14(15(23)11-22(3)19)10-13-8-6-5-7-9-13/h5-9,12,14-16,23H,10-11,19H2,1-4H3,(H,20,24)(H,21,25)/t14?,15?,16-/m0/s1. The number of hydrogen-bond acceptors (Lipinski definition) is 6. The second-order valence-corrected chi connectivity index (χ2v) is 6.67. The number of carbonyl (C=O) groups is 2. The number of methoxy groups -OCH3 is 1. The molecule has 0 saturated carbocycles. The molecule has 0 heterocycles. The van der Waals surface area contributed by atoms with Gasteiger partial charge in [0.25, 0.3) is 0 Å². The van der Waals surface area contributed by atoms with E-state index in [1.807, 2.05) is 44.2 Å². The highest BCUT2D eigenvalue weighted by Crippen LogP contribution is 2.09. The minimum Gasteiger partial charge on any atom is -0.453 e. The van der Waals surface area contributed by atoms with Crippen molar-refractivity contribution in [2.75, 3.05) is 20.7 Å². The van der Waals surface area contributed by atoms with Gasteiger partial charge in [0.2, 0.25) is 5.91 Å². The van der Waals surface area contributed by atoms with Gasteiger partial charge < -0.3 is 20.5 Å². The number of aliphatic hydroxyl groups excluding tert-OH is 1. The van der Waals surface area contributed by atoms with Crippen LogP contribution in [0.1, 0.15) is 19.4 Å². The van der Waals surface area contributed by atoms with Gasteiger partial charge in [-0.1, -0.05) is 44.2 Å². The number of ether oxygens (including phenoxy) is 1. The van der Waals surface area contributed by atoms with Crippen molar-refractivity contribution in [3.8, 4) is 0 Å². The van der Waals surface area contributed by atoms with Crippen molar-refractivity contribution in [2.45, 2.75) is 38.5 Å². The maximum Gasteiger partial charge on any atom is 0.407 e. The summed E-state index contributed by atoms with van der Waals surface area (Å²) in [6.45, 7) is 3.82. The summed E-state index contributed by atoms with van der Waals surface area (Å²) in [6, 6.07) is 8.20. The average Bonchev–Trinajstić information content (AvgIpc) is 2.58. The van der Waals surface area contributed by atoms with E-state index in [2.05, 4.69) is 15.4 Å². The van der Waals surface area contributed by atoms with Gasteiger partial charge in [-0.25, -0.2) is 9.80 Å². The third kappa shape index (κ3) is 7.38. The zero-order valence-electron chi connectivity index (χ0n) is 15.8. The molecule has 26 heavy (non-hydrogen) atoms. The van der Waals surface area contributed by atoms with E-state index in [9.17, 15) is 14.7 Å². The molecule has 0 fully saturated rings. The summed E-state index contributed by atoms with van der Waals surface area (Å²) in [5.74, 6) is 5.10. The number of aliphatic hydroxyl groups is 1. The number of benzene rings is 1. The molecule has 0 radical (unpaired) electrons. The summed E-state index contributed by atoms with van der Waals surface area (Å²) < 4.78 is 4.58. The monoisotopic (exact) mass is 366 g/mol. The van der Waals surface area contributed by atoms with Crippen molar-refractivity contribution in [2.24, 2.45) is 11.8 Å². The van der Waals surface area contributed by atoms with E-state index in [0.29, 0.717) is 6.42 Å². The molecule has 1 aromatic rings. The Morgan fingerprint density at radius 1 is 1.23 bits per heavy atom. The van der Waals surface area contributed by atoms with Crippen molar-refractivity contribution < 1.29 is 19.4 Å². The maximum atomic E-state index is 12.7. The Hall–Kier alpha value is -2.16. The highest BCUT2D eigenvalue weighted by atomic mass is 16.5. The third-order valence-corrected chi connectivity index (χ3v) is 3.97. The van der Waals surface area contributed by atoms with E-state index >= 15 is 0 Å². The van der Waals surface area contributed by atoms with Crippen molar-refractivity contribution in [3.63, 3.8) is 0 Å². The van der Waals surface area contributed by atoms with Gasteiger partial charge >= 0.3 is 6.09 Å². The molecule has 146 valence electrons. The quantitative estimate of drug-likeness (QED) is 0.368. The molecule has 8 heteroatoms. The number of nitrogens with one attached hydrogen (secondary N) is 2. The minimum absolute atomic E-state index is 0.152. The lowest BCUT2D eigenvalue weighted by atomic mass is 9.98. The van der Waals surface area contributed by atoms with Gasteiger partial charge in [-0.05, 0) is 17.9 Å². The fourth-order valence-corrected chi connectivity index (χ4v) is 2.57. The van der Waals surface area contributed by atoms with E-state index in [4.69, 9.17) is 5.84 Å². The molecule has 8 nitrogen and oxygen atoms in total. The predicted molar refractivity (Wildman–Crippen MR) is 99.1 cm³/mol. The molecule has 3 atom stereocenters. The number of alkyl carbamates (subject to hydrolysis) is 1. The van der Waals surface area contributed by atoms with Crippen LogP contribution in [0.2, 0.25) is 0 Å². The Kier molecular flexibility index (Phi) is 9.04. The van der Waals surface area contributed by atoms with Crippen molar-refractivity contribution in [1.29, 1.82) is 0 Å². The Morgan fingerprint density at radius 3 is 2.35 bits per heavy atom. The summed E-state index contributed by atoms with van der Waals surface area (Å²) in [5.41, 5.74) is 0.971. The van der Waals surface area contributed by atoms with Crippen LogP contribution in [0.15, 0.2) is 30.3 Å². The Labute approximate surface area is 154 Å². The van der Waals surface area contributed by atoms with Crippen LogP contribution in [-0.2, 0) is 16.0 Å². The molecule has 5 N–H and O–H groups in total. The van der Waals surface area contributed by atoms with Gasteiger partial charge in [0.05, 0.1) is 19.3 Å². The topological polar surface area (TPSA) is 117 Å². The van der Waals surface area contributed by atoms with Gasteiger partial charge in [0, 0.05) is 13.6 Å². The molecule has 0 aliphatic rings. The molecular formula is C18H30N4O4. The largest absolute Gasteiger partial charge is 0.453 e. The van der Waals surface area contributed by atoms with Gasteiger partial charge in [-0.2, -0.15) is 0 Å². The molecule has 0 aromatic heterocycles. The van der Waals surface area contributed by atoms with Gasteiger partial charge in [-0.3, -0.25) is 10.6 Å². The van der Waals surface area contributed by atoms with Crippen molar-refractivity contribution >= 4 is 12.0 Å². The average molecular weight is 366 g/mol. The Balaban J connectivity index is 2.90. The summed E-state index contributed by atoms with van der Waals surface area (Å²) in [7, 11) is 2.88. The van der Waals surface area contributed by atoms with Crippen LogP contribution in [0, 0.1) is 5.92 Å². The van der Waals surface area contributed by atoms with Crippen LogP contribution in [0.25, 0.3) is 0 Å². The van der Waals surface area contributed by atoms with Crippen LogP contribution in [0.4, 0.5) is 4.79 Å². The number of hydrazine groups is 1. The van der Waals surface area contributed by atoms with Gasteiger partial charge in [0.1, 0.15) is 6.04 Å². The Bertz CT molecular complexity index is 566. The van der Waals surface area contributed by atoms with E-state index < -0.39 is 24.3 Å². The number of hydrogen-bond donors (Lipinski definition) is 4. The van der Waals surface area contributed by atoms with Crippen LogP contribution in [0.5, 0.6) is 0 Å². The molecule has 0 aliphatic carbocycles. The van der Waals surface area contributed by atoms with E-state index in [-0.39, 0.29) is 18.4 Å². The van der Waals surface area contributed by atoms with E-state index in [1.165, 1.54) is 12.1 Å². The SMILES string of the molecule is COC(=O)N[C@H](C(=O)NC(Cc1ccccc1)C(O)CN(C)N)C(C)C. The lowest BCUT2D eigenvalue weighted by Crippen LogP contribution is -2.56. The molecule has 2 unspecified atom stereocenters. The second-order valence-electron chi connectivity index (χ2n) is 6.67. The van der Waals surface area contributed by atoms with Crippen LogP contribution < -0.4 is 16.5 Å². The smallest absolute Gasteiger partial charge is 0.407 e. The molecule has 1 rings (SSSR count). The maximum absolute atomic E-state index is 12.7. The summed E-state index contributed by atoms with van der Waals surface area (Å²) in [6.07, 6.45) is -1.12. The van der Waals surface area contributed by atoms with E-state index in [1.54, 1.807) is 7.05 Å². The zero-order chi connectivity index (χ0) is 19.7. The molecule has 0 bridgehead atoms. The minimum atomic E-state index is -0.875. The van der Waals surface area contributed by atoms with Gasteiger partial charge in [0.15, 0.2) is 0 Å². The molecule has 0 saturated heterocycles. The van der Waals surface area contributed by atoms with Gasteiger partial charge in [-0.15, -0.1) is 0 Å². The number of likely N-dealkylation sites (N-methyl/N-ethyl adjacent to an activating group) is 1. The highest BCUT2D eigenvalue weighted by Gasteiger charge is 2.29. The first kappa shape index (κ1) is 21.9. The molecule has 0 spiro atoms. The number of nitrogens with two attached hydrogens (primary N) is 1. The number of rotatable bonds is 9. The lowest BCUT2D eigenvalue weighted by Gasteiger charge is -2.29. The summed E-state index contributed by atoms with van der Waals surface area (Å²) >= 11 is 0. The first-order valence-corrected chi connectivity index (χ1v) is 8.57. The molecule has 0 aliphatic heterocycles. The van der Waals surface area contributed by atoms with Crippen LogP contribution in [0.3, 0.4) is 0 Å². The molecular weight excluding hydrogens is 336 g/mol. The summed E-state index contributed by atoms with van der Waals surface area (Å²) in [4.78, 5) is 24.2. The third-order valence-electron chi connectivity index (χ3n) is 3.97. The summed E-state index contributed by atoms with van der Waals surface area (Å²) in [5, 5.41) is 17.2. The normalized spacial score (nSPS) is 14.6. The van der Waals surface area contributed by atoms with Crippen molar-refractivity contribution in [1.82, 2.24) is 15.6 Å². The molecule has 1 aromatic carbocycles. The fraction of sp³-hybridized carbons (Fsp3) is 0.556. The number of carbonyl (C=O) groups excluding carboxylic acids is 2. The molecule has 2 amide bonds. The predicted octanol–water partition coefficient (Wildman–Crippen LogP) is 0.261.